The molecule has 0 saturated heterocycles. The normalized spacial score (nSPS) is 11.4. The summed E-state index contributed by atoms with van der Waals surface area (Å²) < 4.78 is 38.8. The summed E-state index contributed by atoms with van der Waals surface area (Å²) in [5, 5.41) is 13.1. The second kappa shape index (κ2) is 7.74. The van der Waals surface area contributed by atoms with Crippen LogP contribution in [0.5, 0.6) is 0 Å². The zero-order chi connectivity index (χ0) is 19.3. The summed E-state index contributed by atoms with van der Waals surface area (Å²) in [6.45, 7) is 0. The first-order valence-corrected chi connectivity index (χ1v) is 7.13. The summed E-state index contributed by atoms with van der Waals surface area (Å²) >= 11 is 0. The lowest BCUT2D eigenvalue weighted by Gasteiger charge is -2.14. The van der Waals surface area contributed by atoms with Gasteiger partial charge in [-0.3, -0.25) is 19.8 Å². The van der Waals surface area contributed by atoms with Crippen LogP contribution in [-0.4, -0.2) is 40.3 Å². The highest BCUT2D eigenvalue weighted by molar-refractivity contribution is 5.96. The van der Waals surface area contributed by atoms with E-state index in [1.54, 1.807) is 0 Å². The fraction of sp³-hybridized carbons (Fsp3) is 0.125. The number of amides is 2. The molecule has 10 heteroatoms. The number of alkyl halides is 3. The molecule has 0 aliphatic carbocycles. The van der Waals surface area contributed by atoms with Crippen molar-refractivity contribution in [3.63, 3.8) is 0 Å². The topological polar surface area (TPSA) is 94.9 Å². The van der Waals surface area contributed by atoms with Crippen molar-refractivity contribution in [2.24, 2.45) is 5.10 Å². The number of nitrogens with zero attached hydrogens (tertiary/aromatic N) is 3. The molecule has 136 valence electrons. The summed E-state index contributed by atoms with van der Waals surface area (Å²) in [6.07, 6.45) is -2.57. The SMILES string of the molecule is CN(N=Cc1ccc(C(=O)NO)cc1)C(=O)c1cccnc1C(F)(F)F. The van der Waals surface area contributed by atoms with Crippen LogP contribution in [0, 0.1) is 0 Å². The number of hydrazone groups is 1. The number of hydrogen-bond donors (Lipinski definition) is 2. The lowest BCUT2D eigenvalue weighted by atomic mass is 10.1. The molecular formula is C16H13F3N4O3. The fourth-order valence-electron chi connectivity index (χ4n) is 1.97. The Morgan fingerprint density at radius 1 is 1.23 bits per heavy atom. The van der Waals surface area contributed by atoms with E-state index >= 15 is 0 Å². The maximum Gasteiger partial charge on any atom is 0.434 e. The minimum atomic E-state index is -4.76. The number of hydroxylamine groups is 1. The molecule has 7 nitrogen and oxygen atoms in total. The van der Waals surface area contributed by atoms with E-state index in [1.165, 1.54) is 49.1 Å². The van der Waals surface area contributed by atoms with Crippen LogP contribution in [0.1, 0.15) is 32.0 Å². The Hall–Kier alpha value is -3.27. The molecule has 2 aromatic rings. The minimum Gasteiger partial charge on any atom is -0.288 e. The molecule has 2 N–H and O–H groups in total. The number of benzene rings is 1. The predicted molar refractivity (Wildman–Crippen MR) is 84.6 cm³/mol. The Morgan fingerprint density at radius 3 is 2.46 bits per heavy atom. The van der Waals surface area contributed by atoms with Gasteiger partial charge in [-0.1, -0.05) is 12.1 Å². The molecule has 2 amide bonds. The van der Waals surface area contributed by atoms with E-state index in [0.717, 1.165) is 17.3 Å². The van der Waals surface area contributed by atoms with E-state index in [0.29, 0.717) is 5.56 Å². The highest BCUT2D eigenvalue weighted by atomic mass is 19.4. The summed E-state index contributed by atoms with van der Waals surface area (Å²) in [5.74, 6) is -1.67. The third-order valence-corrected chi connectivity index (χ3v) is 3.25. The molecule has 1 aromatic heterocycles. The molecule has 0 bridgehead atoms. The molecule has 0 fully saturated rings. The van der Waals surface area contributed by atoms with Crippen molar-refractivity contribution in [1.82, 2.24) is 15.5 Å². The average molecular weight is 366 g/mol. The van der Waals surface area contributed by atoms with Crippen molar-refractivity contribution in [3.8, 4) is 0 Å². The van der Waals surface area contributed by atoms with Crippen LogP contribution in [0.2, 0.25) is 0 Å². The first-order chi connectivity index (χ1) is 12.2. The number of halogens is 3. The highest BCUT2D eigenvalue weighted by Gasteiger charge is 2.37. The van der Waals surface area contributed by atoms with Crippen LogP contribution >= 0.6 is 0 Å². The van der Waals surface area contributed by atoms with Crippen LogP contribution < -0.4 is 5.48 Å². The van der Waals surface area contributed by atoms with Gasteiger partial charge in [0.15, 0.2) is 5.69 Å². The number of hydrogen-bond acceptors (Lipinski definition) is 5. The van der Waals surface area contributed by atoms with Gasteiger partial charge in [-0.05, 0) is 29.8 Å². The summed E-state index contributed by atoms with van der Waals surface area (Å²) in [6, 6.07) is 8.02. The molecule has 0 aliphatic heterocycles. The summed E-state index contributed by atoms with van der Waals surface area (Å²) in [4.78, 5) is 26.6. The van der Waals surface area contributed by atoms with E-state index < -0.39 is 29.2 Å². The van der Waals surface area contributed by atoms with Crippen LogP contribution in [0.3, 0.4) is 0 Å². The fourth-order valence-corrected chi connectivity index (χ4v) is 1.97. The Labute approximate surface area is 145 Å². The first-order valence-electron chi connectivity index (χ1n) is 7.13. The maximum absolute atomic E-state index is 12.9. The average Bonchev–Trinajstić information content (AvgIpc) is 2.64. The number of pyridine rings is 1. The zero-order valence-corrected chi connectivity index (χ0v) is 13.4. The molecule has 1 heterocycles. The van der Waals surface area contributed by atoms with Crippen LogP contribution in [-0.2, 0) is 6.18 Å². The van der Waals surface area contributed by atoms with Crippen molar-refractivity contribution in [3.05, 3.63) is 65.0 Å². The largest absolute Gasteiger partial charge is 0.434 e. The first kappa shape index (κ1) is 19.1. The van der Waals surface area contributed by atoms with E-state index in [-0.39, 0.29) is 5.56 Å². The monoisotopic (exact) mass is 366 g/mol. The van der Waals surface area contributed by atoms with Gasteiger partial charge >= 0.3 is 6.18 Å². The van der Waals surface area contributed by atoms with Crippen molar-refractivity contribution in [1.29, 1.82) is 0 Å². The molecule has 0 aliphatic rings. The Bertz CT molecular complexity index is 835. The van der Waals surface area contributed by atoms with Gasteiger partial charge in [0.25, 0.3) is 11.8 Å². The van der Waals surface area contributed by atoms with Crippen molar-refractivity contribution in [2.75, 3.05) is 7.05 Å². The van der Waals surface area contributed by atoms with Crippen molar-refractivity contribution < 1.29 is 28.0 Å². The molecule has 0 spiro atoms. The quantitative estimate of drug-likeness (QED) is 0.493. The third-order valence-electron chi connectivity index (χ3n) is 3.25. The predicted octanol–water partition coefficient (Wildman–Crippen LogP) is 2.33. The molecule has 0 saturated carbocycles. The number of carbonyl (C=O) groups is 2. The second-order valence-corrected chi connectivity index (χ2v) is 5.03. The van der Waals surface area contributed by atoms with Gasteiger partial charge < -0.3 is 0 Å². The molecule has 0 unspecified atom stereocenters. The Morgan fingerprint density at radius 2 is 1.88 bits per heavy atom. The van der Waals surface area contributed by atoms with Crippen molar-refractivity contribution >= 4 is 18.0 Å². The Balaban J connectivity index is 2.17. The minimum absolute atomic E-state index is 0.194. The molecule has 1 aromatic carbocycles. The molecule has 26 heavy (non-hydrogen) atoms. The standard InChI is InChI=1S/C16H13F3N4O3/c1-23(15(25)12-3-2-8-20-13(12)16(17,18)19)21-9-10-4-6-11(7-5-10)14(24)22-26/h2-9,26H,1H3,(H,22,24). The summed E-state index contributed by atoms with van der Waals surface area (Å²) in [5.41, 5.74) is 0.258. The smallest absolute Gasteiger partial charge is 0.288 e. The van der Waals surface area contributed by atoms with Crippen LogP contribution in [0.25, 0.3) is 0 Å². The molecule has 0 radical (unpaired) electrons. The van der Waals surface area contributed by atoms with Gasteiger partial charge in [0, 0.05) is 18.8 Å². The van der Waals surface area contributed by atoms with Crippen LogP contribution in [0.4, 0.5) is 13.2 Å². The van der Waals surface area contributed by atoms with Gasteiger partial charge in [0.05, 0.1) is 11.8 Å². The van der Waals surface area contributed by atoms with E-state index in [1.807, 2.05) is 0 Å². The number of nitrogens with one attached hydrogen (secondary N) is 1. The summed E-state index contributed by atoms with van der Waals surface area (Å²) in [7, 11) is 1.21. The van der Waals surface area contributed by atoms with Gasteiger partial charge in [-0.2, -0.15) is 18.3 Å². The molecular weight excluding hydrogens is 353 g/mol. The lowest BCUT2D eigenvalue weighted by molar-refractivity contribution is -0.141. The van der Waals surface area contributed by atoms with E-state index in [4.69, 9.17) is 5.21 Å². The van der Waals surface area contributed by atoms with Gasteiger partial charge in [-0.25, -0.2) is 10.5 Å². The van der Waals surface area contributed by atoms with Crippen molar-refractivity contribution in [2.45, 2.75) is 6.18 Å². The molecule has 2 rings (SSSR count). The van der Waals surface area contributed by atoms with Gasteiger partial charge in [-0.15, -0.1) is 0 Å². The Kier molecular flexibility index (Phi) is 5.68. The highest BCUT2D eigenvalue weighted by Crippen LogP contribution is 2.30. The van der Waals surface area contributed by atoms with Gasteiger partial charge in [0.1, 0.15) is 0 Å². The number of carbonyl (C=O) groups excluding carboxylic acids is 2. The molecule has 0 atom stereocenters. The number of aromatic nitrogens is 1. The maximum atomic E-state index is 12.9. The zero-order valence-electron chi connectivity index (χ0n) is 13.4. The second-order valence-electron chi connectivity index (χ2n) is 5.03. The van der Waals surface area contributed by atoms with Crippen LogP contribution in [0.15, 0.2) is 47.7 Å². The lowest BCUT2D eigenvalue weighted by Crippen LogP contribution is -2.25. The van der Waals surface area contributed by atoms with E-state index in [2.05, 4.69) is 10.1 Å². The van der Waals surface area contributed by atoms with Gasteiger partial charge in [0.2, 0.25) is 0 Å². The van der Waals surface area contributed by atoms with E-state index in [9.17, 15) is 22.8 Å². The third kappa shape index (κ3) is 4.42. The number of rotatable bonds is 4.